The van der Waals surface area contributed by atoms with Crippen LogP contribution in [0, 0.1) is 18.6 Å². The monoisotopic (exact) mass is 1010 g/mol. The molecular formula is C52H60F6N8O6. The summed E-state index contributed by atoms with van der Waals surface area (Å²) >= 11 is 0. The van der Waals surface area contributed by atoms with Crippen molar-refractivity contribution in [1.82, 2.24) is 29.7 Å². The molecular weight excluding hydrogens is 947 g/mol. The van der Waals surface area contributed by atoms with Crippen LogP contribution in [0.3, 0.4) is 0 Å². The number of amides is 1. The first-order valence-electron chi connectivity index (χ1n) is 24.3. The van der Waals surface area contributed by atoms with Gasteiger partial charge in [0.1, 0.15) is 64.1 Å². The Hall–Kier alpha value is -6.31. The van der Waals surface area contributed by atoms with E-state index in [1.54, 1.807) is 81.1 Å². The van der Waals surface area contributed by atoms with Crippen LogP contribution in [0.25, 0.3) is 22.3 Å². The molecule has 0 radical (unpaired) electrons. The Morgan fingerprint density at radius 2 is 1.53 bits per heavy atom. The first-order chi connectivity index (χ1) is 34.1. The number of rotatable bonds is 12. The predicted molar refractivity (Wildman–Crippen MR) is 257 cm³/mol. The third-order valence-electron chi connectivity index (χ3n) is 14.4. The highest BCUT2D eigenvalue weighted by Gasteiger charge is 2.51. The summed E-state index contributed by atoms with van der Waals surface area (Å²) in [6.45, 7) is 12.7. The lowest BCUT2D eigenvalue weighted by molar-refractivity contribution is -0.138. The fraction of sp³-hybridized carbons (Fsp3) is 0.519. The standard InChI is InChI=1S/C52H60F6N8O6/c1-10-34-26-65-44(29(3)66(34)49(67)72-50(5,6)7)30(4)71-47-37-41(61-48(62-45(37)65)70-27-51-20-11-21-64(51)25-33(53)22-51)40(55)43(60-47)42-38(52(56,57)58)28(2)39(54)46(59-42)63(23-31-12-16-35(68-8)17-13-31)24-32-14-18-36(69-9)19-15-32/h12-19,29-30,33-34,44H,10-11,20-27H2,1-9H3/t29-,30-,33+,34+,44-,51-/m0/s1. The number of piperazine rings is 1. The first kappa shape index (κ1) is 50.6. The number of methoxy groups -OCH3 is 2. The molecule has 1 amide bonds. The number of benzene rings is 2. The van der Waals surface area contributed by atoms with Gasteiger partial charge in [-0.2, -0.15) is 23.1 Å². The highest BCUT2D eigenvalue weighted by molar-refractivity contribution is 5.97. The van der Waals surface area contributed by atoms with Gasteiger partial charge in [0.15, 0.2) is 17.5 Å². The van der Waals surface area contributed by atoms with Gasteiger partial charge in [0.25, 0.3) is 0 Å². The zero-order valence-electron chi connectivity index (χ0n) is 41.9. The van der Waals surface area contributed by atoms with Crippen LogP contribution in [-0.4, -0.2) is 118 Å². The molecule has 0 aliphatic carbocycles. The number of nitrogens with zero attached hydrogens (tertiary/aromatic N) is 8. The fourth-order valence-electron chi connectivity index (χ4n) is 11.0. The molecule has 72 heavy (non-hydrogen) atoms. The van der Waals surface area contributed by atoms with Crippen molar-refractivity contribution in [3.05, 3.63) is 82.4 Å². The first-order valence-corrected chi connectivity index (χ1v) is 24.3. The van der Waals surface area contributed by atoms with Gasteiger partial charge in [0.2, 0.25) is 5.88 Å². The van der Waals surface area contributed by atoms with Gasteiger partial charge in [0, 0.05) is 38.2 Å². The number of anilines is 2. The maximum absolute atomic E-state index is 18.1. The molecule has 0 spiro atoms. The highest BCUT2D eigenvalue weighted by Crippen LogP contribution is 2.48. The quantitative estimate of drug-likeness (QED) is 0.110. The van der Waals surface area contributed by atoms with Crippen LogP contribution in [0.2, 0.25) is 0 Å². The molecule has 6 atom stereocenters. The van der Waals surface area contributed by atoms with E-state index in [-0.39, 0.29) is 62.3 Å². The summed E-state index contributed by atoms with van der Waals surface area (Å²) in [6, 6.07) is 11.7. The lowest BCUT2D eigenvalue weighted by Gasteiger charge is -2.51. The number of halogens is 6. The van der Waals surface area contributed by atoms with Crippen LogP contribution in [0.4, 0.5) is 42.8 Å². The van der Waals surface area contributed by atoms with Crippen molar-refractivity contribution < 1.29 is 54.8 Å². The third kappa shape index (κ3) is 9.46. The minimum atomic E-state index is -5.27. The van der Waals surface area contributed by atoms with Crippen molar-refractivity contribution in [2.24, 2.45) is 0 Å². The Morgan fingerprint density at radius 3 is 2.11 bits per heavy atom. The number of hydrogen-bond donors (Lipinski definition) is 0. The highest BCUT2D eigenvalue weighted by atomic mass is 19.4. The second-order valence-corrected chi connectivity index (χ2v) is 20.3. The number of carbonyl (C=O) groups is 1. The minimum absolute atomic E-state index is 0.0416. The second kappa shape index (κ2) is 19.3. The normalized spacial score (nSPS) is 23.1. The van der Waals surface area contributed by atoms with Crippen LogP contribution < -0.4 is 28.7 Å². The van der Waals surface area contributed by atoms with Gasteiger partial charge in [-0.1, -0.05) is 31.2 Å². The maximum Gasteiger partial charge on any atom is 0.418 e. The SMILES string of the molecule is CC[C@@H]1CN2c3nc(OC[C@@]45CCCN4C[C@H](F)C5)nc4c(F)c(-c5nc(N(Cc6ccc(OC)cc6)Cc6ccc(OC)cc6)c(F)c(C)c5C(F)(F)F)nc(c34)O[C@@H](C)[C@@H]2[C@H](C)N1C(=O)OC(C)(C)C. The number of pyridine rings is 2. The largest absolute Gasteiger partial charge is 0.497 e. The summed E-state index contributed by atoms with van der Waals surface area (Å²) in [5.74, 6) is -2.18. The van der Waals surface area contributed by atoms with Crippen molar-refractivity contribution in [1.29, 1.82) is 0 Å². The predicted octanol–water partition coefficient (Wildman–Crippen LogP) is 10.2. The number of alkyl halides is 4. The Balaban J connectivity index is 1.24. The molecule has 4 aliphatic heterocycles. The van der Waals surface area contributed by atoms with Gasteiger partial charge in [0.05, 0.1) is 43.4 Å². The van der Waals surface area contributed by atoms with E-state index >= 15 is 22.0 Å². The number of aromatic nitrogens is 4. The van der Waals surface area contributed by atoms with Crippen molar-refractivity contribution in [3.8, 4) is 34.8 Å². The molecule has 5 aromatic rings. The number of fused-ring (bicyclic) bond motifs is 3. The molecule has 20 heteroatoms. The summed E-state index contributed by atoms with van der Waals surface area (Å²) in [7, 11) is 3.01. The molecule has 3 saturated heterocycles. The van der Waals surface area contributed by atoms with Crippen molar-refractivity contribution in [2.45, 2.75) is 135 Å². The Kier molecular flexibility index (Phi) is 13.5. The van der Waals surface area contributed by atoms with Crippen LogP contribution >= 0.6 is 0 Å². The van der Waals surface area contributed by atoms with E-state index in [1.807, 2.05) is 23.6 Å². The molecule has 0 unspecified atom stereocenters. The molecule has 7 heterocycles. The summed E-state index contributed by atoms with van der Waals surface area (Å²) in [6.07, 6.45) is -5.63. The van der Waals surface area contributed by atoms with E-state index < -0.39 is 99.3 Å². The molecule has 0 bridgehead atoms. The average molecular weight is 1010 g/mol. The van der Waals surface area contributed by atoms with Crippen LogP contribution in [0.5, 0.6) is 23.4 Å². The van der Waals surface area contributed by atoms with E-state index in [0.717, 1.165) is 13.3 Å². The van der Waals surface area contributed by atoms with Gasteiger partial charge in [-0.3, -0.25) is 9.80 Å². The number of hydrogen-bond acceptors (Lipinski definition) is 13. The molecule has 386 valence electrons. The van der Waals surface area contributed by atoms with Gasteiger partial charge in [-0.25, -0.2) is 27.9 Å². The molecule has 14 nitrogen and oxygen atoms in total. The number of ether oxygens (including phenoxy) is 5. The van der Waals surface area contributed by atoms with Gasteiger partial charge < -0.3 is 33.5 Å². The van der Waals surface area contributed by atoms with Crippen LogP contribution in [0.15, 0.2) is 48.5 Å². The lowest BCUT2D eigenvalue weighted by atomic mass is 9.94. The minimum Gasteiger partial charge on any atom is -0.497 e. The fourth-order valence-corrected chi connectivity index (χ4v) is 11.0. The van der Waals surface area contributed by atoms with Gasteiger partial charge >= 0.3 is 18.3 Å². The van der Waals surface area contributed by atoms with Crippen LogP contribution in [0.1, 0.15) is 89.5 Å². The van der Waals surface area contributed by atoms with Crippen molar-refractivity contribution >= 4 is 28.6 Å². The molecule has 4 aliphatic rings. The molecule has 0 saturated carbocycles. The molecule has 9 rings (SSSR count). The van der Waals surface area contributed by atoms with E-state index in [4.69, 9.17) is 28.7 Å². The van der Waals surface area contributed by atoms with Gasteiger partial charge in [-0.05, 0) is 103 Å². The van der Waals surface area contributed by atoms with E-state index in [9.17, 15) is 9.18 Å². The smallest absolute Gasteiger partial charge is 0.418 e. The van der Waals surface area contributed by atoms with Crippen molar-refractivity contribution in [3.63, 3.8) is 0 Å². The topological polar surface area (TPSA) is 128 Å². The van der Waals surface area contributed by atoms with Crippen molar-refractivity contribution in [2.75, 3.05) is 50.3 Å². The molecule has 3 fully saturated rings. The molecule has 3 aromatic heterocycles. The van der Waals surface area contributed by atoms with E-state index in [0.29, 0.717) is 42.0 Å². The lowest BCUT2D eigenvalue weighted by Crippen LogP contribution is -2.68. The van der Waals surface area contributed by atoms with E-state index in [2.05, 4.69) is 15.0 Å². The summed E-state index contributed by atoms with van der Waals surface area (Å²) in [4.78, 5) is 39.4. The van der Waals surface area contributed by atoms with Crippen LogP contribution in [-0.2, 0) is 24.0 Å². The third-order valence-corrected chi connectivity index (χ3v) is 14.4. The zero-order chi connectivity index (χ0) is 51.6. The Labute approximate surface area is 414 Å². The maximum atomic E-state index is 18.1. The Bertz CT molecular complexity index is 2780. The number of carbonyl (C=O) groups excluding carboxylic acids is 1. The molecule has 2 aromatic carbocycles. The zero-order valence-corrected chi connectivity index (χ0v) is 41.9. The van der Waals surface area contributed by atoms with Gasteiger partial charge in [-0.15, -0.1) is 0 Å². The molecule has 0 N–H and O–H groups in total. The summed E-state index contributed by atoms with van der Waals surface area (Å²) in [5.41, 5.74) is -4.99. The Morgan fingerprint density at radius 1 is 0.889 bits per heavy atom. The second-order valence-electron chi connectivity index (χ2n) is 20.3. The average Bonchev–Trinajstić information content (AvgIpc) is 3.82. The summed E-state index contributed by atoms with van der Waals surface area (Å²) < 4.78 is 126. The van der Waals surface area contributed by atoms with E-state index in [1.165, 1.54) is 19.1 Å². The summed E-state index contributed by atoms with van der Waals surface area (Å²) in [5, 5.41) is -0.0516.